The highest BCUT2D eigenvalue weighted by Crippen LogP contribution is 2.29. The third-order valence-corrected chi connectivity index (χ3v) is 2.99. The van der Waals surface area contributed by atoms with E-state index in [2.05, 4.69) is 21.0 Å². The molecule has 0 fully saturated rings. The second-order valence-electron chi connectivity index (χ2n) is 3.90. The monoisotopic (exact) mass is 331 g/mol. The zero-order chi connectivity index (χ0) is 13.8. The molecule has 0 saturated heterocycles. The van der Waals surface area contributed by atoms with Crippen molar-refractivity contribution in [2.24, 2.45) is 0 Å². The molecule has 19 heavy (non-hydrogen) atoms. The number of rotatable bonds is 5. The molecule has 0 atom stereocenters. The Morgan fingerprint density at radius 1 is 1.37 bits per heavy atom. The van der Waals surface area contributed by atoms with Crippen LogP contribution in [0.4, 0.5) is 14.6 Å². The highest BCUT2D eigenvalue weighted by molar-refractivity contribution is 9.10. The first-order valence-corrected chi connectivity index (χ1v) is 6.42. The van der Waals surface area contributed by atoms with E-state index in [1.54, 1.807) is 16.9 Å². The number of aryl methyl sites for hydroxylation is 1. The number of nitrogens with zero attached hydrogens (tertiary/aromatic N) is 2. The summed E-state index contributed by atoms with van der Waals surface area (Å²) in [6.07, 6.45) is 2.38. The van der Waals surface area contributed by atoms with Crippen LogP contribution in [0.1, 0.15) is 6.42 Å². The summed E-state index contributed by atoms with van der Waals surface area (Å²) >= 11 is 3.06. The Balaban J connectivity index is 1.86. The molecule has 4 nitrogen and oxygen atoms in total. The van der Waals surface area contributed by atoms with Crippen LogP contribution in [0.2, 0.25) is 0 Å². The van der Waals surface area contributed by atoms with Crippen LogP contribution in [-0.4, -0.2) is 16.4 Å². The molecule has 0 bridgehead atoms. The van der Waals surface area contributed by atoms with E-state index >= 15 is 0 Å². The minimum Gasteiger partial charge on any atom is -0.489 e. The smallest absolute Gasteiger partial charge is 0.169 e. The van der Waals surface area contributed by atoms with Gasteiger partial charge in [0.15, 0.2) is 11.6 Å². The van der Waals surface area contributed by atoms with Crippen LogP contribution >= 0.6 is 15.9 Å². The molecule has 1 aromatic carbocycles. The molecular formula is C12H12BrF2N3O. The van der Waals surface area contributed by atoms with Gasteiger partial charge < -0.3 is 10.5 Å². The van der Waals surface area contributed by atoms with Gasteiger partial charge in [0, 0.05) is 25.2 Å². The van der Waals surface area contributed by atoms with Gasteiger partial charge in [0.2, 0.25) is 0 Å². The van der Waals surface area contributed by atoms with Crippen LogP contribution in [0.25, 0.3) is 0 Å². The number of anilines is 1. The van der Waals surface area contributed by atoms with E-state index in [-0.39, 0.29) is 10.2 Å². The molecule has 7 heteroatoms. The summed E-state index contributed by atoms with van der Waals surface area (Å²) < 4.78 is 33.5. The molecule has 0 radical (unpaired) electrons. The third kappa shape index (κ3) is 3.66. The Kier molecular flexibility index (Phi) is 4.36. The quantitative estimate of drug-likeness (QED) is 0.857. The number of benzene rings is 1. The van der Waals surface area contributed by atoms with Gasteiger partial charge in [-0.05, 0) is 28.1 Å². The second kappa shape index (κ2) is 6.01. The maximum atomic E-state index is 13.4. The Labute approximate surface area is 117 Å². The molecule has 0 unspecified atom stereocenters. The lowest BCUT2D eigenvalue weighted by Crippen LogP contribution is -2.06. The van der Waals surface area contributed by atoms with Gasteiger partial charge in [-0.3, -0.25) is 4.68 Å². The Morgan fingerprint density at radius 3 is 2.79 bits per heavy atom. The van der Waals surface area contributed by atoms with E-state index in [4.69, 9.17) is 10.5 Å². The van der Waals surface area contributed by atoms with Crippen molar-refractivity contribution in [1.29, 1.82) is 0 Å². The summed E-state index contributed by atoms with van der Waals surface area (Å²) in [5.74, 6) is -0.909. The van der Waals surface area contributed by atoms with Crippen LogP contribution in [0.3, 0.4) is 0 Å². The molecule has 0 amide bonds. The Bertz CT molecular complexity index is 551. The van der Waals surface area contributed by atoms with Crippen molar-refractivity contribution >= 4 is 21.7 Å². The van der Waals surface area contributed by atoms with Crippen molar-refractivity contribution in [2.75, 3.05) is 12.3 Å². The Morgan fingerprint density at radius 2 is 2.16 bits per heavy atom. The van der Waals surface area contributed by atoms with E-state index in [0.717, 1.165) is 12.1 Å². The summed E-state index contributed by atoms with van der Waals surface area (Å²) in [6, 6.07) is 3.64. The summed E-state index contributed by atoms with van der Waals surface area (Å²) in [5, 5.41) is 4.01. The lowest BCUT2D eigenvalue weighted by Gasteiger charge is -2.09. The van der Waals surface area contributed by atoms with Crippen molar-refractivity contribution in [1.82, 2.24) is 9.78 Å². The first-order valence-electron chi connectivity index (χ1n) is 5.62. The highest BCUT2D eigenvalue weighted by atomic mass is 79.9. The number of hydrogen-bond donors (Lipinski definition) is 1. The second-order valence-corrected chi connectivity index (χ2v) is 4.76. The third-order valence-electron chi connectivity index (χ3n) is 2.40. The average molecular weight is 332 g/mol. The molecule has 2 N–H and O–H groups in total. The molecule has 0 aliphatic rings. The number of aromatic nitrogens is 2. The van der Waals surface area contributed by atoms with Crippen molar-refractivity contribution in [3.63, 3.8) is 0 Å². The van der Waals surface area contributed by atoms with Gasteiger partial charge in [0.25, 0.3) is 0 Å². The molecule has 0 spiro atoms. The maximum absolute atomic E-state index is 13.4. The number of ether oxygens (including phenoxy) is 1. The average Bonchev–Trinajstić information content (AvgIpc) is 2.73. The van der Waals surface area contributed by atoms with Crippen LogP contribution < -0.4 is 10.5 Å². The molecule has 102 valence electrons. The number of hydrogen-bond acceptors (Lipinski definition) is 3. The van der Waals surface area contributed by atoms with Crippen LogP contribution in [-0.2, 0) is 6.54 Å². The summed E-state index contributed by atoms with van der Waals surface area (Å²) in [5.41, 5.74) is 5.47. The van der Waals surface area contributed by atoms with E-state index in [9.17, 15) is 8.78 Å². The fourth-order valence-electron chi connectivity index (χ4n) is 1.57. The van der Waals surface area contributed by atoms with Crippen molar-refractivity contribution in [2.45, 2.75) is 13.0 Å². The minimum absolute atomic E-state index is 0.0152. The predicted octanol–water partition coefficient (Wildman–Crippen LogP) is 2.98. The molecule has 0 aliphatic carbocycles. The number of nitrogens with two attached hydrogens (primary N) is 1. The minimum atomic E-state index is -0.727. The Hall–Kier alpha value is -1.63. The van der Waals surface area contributed by atoms with Crippen LogP contribution in [0.5, 0.6) is 5.75 Å². The zero-order valence-corrected chi connectivity index (χ0v) is 11.5. The number of nitrogen functional groups attached to an aromatic ring is 1. The van der Waals surface area contributed by atoms with Gasteiger partial charge in [-0.1, -0.05) is 0 Å². The zero-order valence-electron chi connectivity index (χ0n) is 9.94. The van der Waals surface area contributed by atoms with Crippen molar-refractivity contribution in [3.05, 3.63) is 40.5 Å². The normalized spacial score (nSPS) is 10.7. The molecule has 1 heterocycles. The first-order chi connectivity index (χ1) is 9.06. The van der Waals surface area contributed by atoms with Gasteiger partial charge in [-0.2, -0.15) is 5.10 Å². The largest absolute Gasteiger partial charge is 0.489 e. The molecule has 2 aromatic rings. The lowest BCUT2D eigenvalue weighted by molar-refractivity contribution is 0.282. The lowest BCUT2D eigenvalue weighted by atomic mass is 10.3. The predicted molar refractivity (Wildman–Crippen MR) is 70.8 cm³/mol. The van der Waals surface area contributed by atoms with E-state index in [0.29, 0.717) is 25.4 Å². The van der Waals surface area contributed by atoms with Crippen molar-refractivity contribution in [3.8, 4) is 5.75 Å². The number of halogens is 3. The van der Waals surface area contributed by atoms with Crippen molar-refractivity contribution < 1.29 is 13.5 Å². The topological polar surface area (TPSA) is 53.1 Å². The summed E-state index contributed by atoms with van der Waals surface area (Å²) in [4.78, 5) is 0. The molecule has 2 rings (SSSR count). The molecule has 1 aromatic heterocycles. The standard InChI is InChI=1S/C12H12BrF2N3O/c13-9-6-8(14)7-10(15)12(9)19-5-1-3-18-4-2-11(16)17-18/h2,4,6-7H,1,3,5H2,(H2,16,17). The van der Waals surface area contributed by atoms with Gasteiger partial charge >= 0.3 is 0 Å². The van der Waals surface area contributed by atoms with E-state index < -0.39 is 11.6 Å². The molecular weight excluding hydrogens is 320 g/mol. The van der Waals surface area contributed by atoms with Gasteiger partial charge in [0.1, 0.15) is 11.6 Å². The fourth-order valence-corrected chi connectivity index (χ4v) is 2.09. The van der Waals surface area contributed by atoms with Gasteiger partial charge in [-0.15, -0.1) is 0 Å². The highest BCUT2D eigenvalue weighted by Gasteiger charge is 2.10. The fraction of sp³-hybridized carbons (Fsp3) is 0.250. The molecule has 0 saturated carbocycles. The maximum Gasteiger partial charge on any atom is 0.169 e. The van der Waals surface area contributed by atoms with Gasteiger partial charge in [0.05, 0.1) is 11.1 Å². The van der Waals surface area contributed by atoms with Crippen LogP contribution in [0.15, 0.2) is 28.9 Å². The first kappa shape index (κ1) is 13.8. The molecule has 0 aliphatic heterocycles. The van der Waals surface area contributed by atoms with E-state index in [1.165, 1.54) is 0 Å². The van der Waals surface area contributed by atoms with E-state index in [1.807, 2.05) is 0 Å². The SMILES string of the molecule is Nc1ccn(CCCOc2c(F)cc(F)cc2Br)n1. The van der Waals surface area contributed by atoms with Gasteiger partial charge in [-0.25, -0.2) is 8.78 Å². The van der Waals surface area contributed by atoms with Crippen LogP contribution in [0, 0.1) is 11.6 Å². The summed E-state index contributed by atoms with van der Waals surface area (Å²) in [6.45, 7) is 0.901. The summed E-state index contributed by atoms with van der Waals surface area (Å²) in [7, 11) is 0.